The number of aromatic nitrogens is 6. The van der Waals surface area contributed by atoms with Crippen molar-refractivity contribution in [1.29, 1.82) is 0 Å². The number of rotatable bonds is 4. The smallest absolute Gasteiger partial charge is 0.155 e. The molecule has 0 aromatic carbocycles. The van der Waals surface area contributed by atoms with E-state index in [1.807, 2.05) is 12.1 Å². The average Bonchev–Trinajstić information content (AvgIpc) is 3.01. The minimum absolute atomic E-state index is 0.609. The highest BCUT2D eigenvalue weighted by Crippen LogP contribution is 2.09. The first-order valence-corrected chi connectivity index (χ1v) is 5.71. The maximum Gasteiger partial charge on any atom is 0.155 e. The molecule has 0 unspecified atom stereocenters. The van der Waals surface area contributed by atoms with Gasteiger partial charge in [-0.25, -0.2) is 14.6 Å². The highest BCUT2D eigenvalue weighted by Gasteiger charge is 1.99. The first kappa shape index (κ1) is 11.3. The molecule has 94 valence electrons. The first-order valence-electron chi connectivity index (χ1n) is 5.71. The molecule has 0 atom stereocenters. The fourth-order valence-electron chi connectivity index (χ4n) is 1.57. The lowest BCUT2D eigenvalue weighted by Gasteiger charge is -2.06. The maximum atomic E-state index is 4.30. The van der Waals surface area contributed by atoms with Crippen LogP contribution in [0.3, 0.4) is 0 Å². The average molecular weight is 253 g/mol. The number of nitrogens with one attached hydrogen (secondary N) is 1. The van der Waals surface area contributed by atoms with Gasteiger partial charge in [-0.05, 0) is 12.1 Å². The minimum atomic E-state index is 0.609. The van der Waals surface area contributed by atoms with Crippen LogP contribution in [0.5, 0.6) is 0 Å². The molecule has 0 radical (unpaired) electrons. The Morgan fingerprint density at radius 3 is 2.74 bits per heavy atom. The zero-order valence-corrected chi connectivity index (χ0v) is 10.0. The molecule has 7 nitrogen and oxygen atoms in total. The van der Waals surface area contributed by atoms with Gasteiger partial charge in [0, 0.05) is 12.4 Å². The number of anilines is 1. The molecule has 0 fully saturated rings. The summed E-state index contributed by atoms with van der Waals surface area (Å²) < 4.78 is 1.60. The van der Waals surface area contributed by atoms with Crippen LogP contribution in [-0.4, -0.2) is 29.7 Å². The lowest BCUT2D eigenvalue weighted by atomic mass is 10.3. The Balaban J connectivity index is 1.67. The van der Waals surface area contributed by atoms with E-state index in [1.54, 1.807) is 35.8 Å². The molecule has 0 amide bonds. The van der Waals surface area contributed by atoms with Gasteiger partial charge in [0.25, 0.3) is 0 Å². The van der Waals surface area contributed by atoms with E-state index >= 15 is 0 Å². The summed E-state index contributed by atoms with van der Waals surface area (Å²) in [5, 5.41) is 7.24. The van der Waals surface area contributed by atoms with Crippen molar-refractivity contribution >= 4 is 5.69 Å². The van der Waals surface area contributed by atoms with Crippen LogP contribution in [0.4, 0.5) is 5.69 Å². The van der Waals surface area contributed by atoms with Crippen molar-refractivity contribution < 1.29 is 0 Å². The van der Waals surface area contributed by atoms with E-state index in [0.717, 1.165) is 17.2 Å². The Bertz CT molecular complexity index is 619. The fraction of sp³-hybridized carbons (Fsp3) is 0.0833. The van der Waals surface area contributed by atoms with Crippen molar-refractivity contribution in [2.75, 3.05) is 5.32 Å². The van der Waals surface area contributed by atoms with Gasteiger partial charge >= 0.3 is 0 Å². The first-order chi connectivity index (χ1) is 9.42. The maximum absolute atomic E-state index is 4.30. The van der Waals surface area contributed by atoms with E-state index < -0.39 is 0 Å². The van der Waals surface area contributed by atoms with Crippen molar-refractivity contribution in [3.8, 4) is 5.82 Å². The van der Waals surface area contributed by atoms with Gasteiger partial charge in [-0.15, -0.1) is 0 Å². The summed E-state index contributed by atoms with van der Waals surface area (Å²) in [5.74, 6) is 0.725. The third-order valence-corrected chi connectivity index (χ3v) is 2.49. The molecule has 3 heterocycles. The molecule has 7 heteroatoms. The lowest BCUT2D eigenvalue weighted by Crippen LogP contribution is -2.03. The summed E-state index contributed by atoms with van der Waals surface area (Å²) in [6, 6.07) is 3.80. The second-order valence-corrected chi connectivity index (χ2v) is 3.80. The van der Waals surface area contributed by atoms with Crippen LogP contribution in [0.15, 0.2) is 49.6 Å². The molecular weight excluding hydrogens is 242 g/mol. The molecule has 1 N–H and O–H groups in total. The third kappa shape index (κ3) is 2.71. The molecule has 3 aromatic heterocycles. The number of hydrogen-bond donors (Lipinski definition) is 1. The molecule has 19 heavy (non-hydrogen) atoms. The van der Waals surface area contributed by atoms with Crippen LogP contribution < -0.4 is 5.32 Å². The van der Waals surface area contributed by atoms with Crippen molar-refractivity contribution in [3.05, 3.63) is 55.3 Å². The molecule has 0 aliphatic rings. The predicted molar refractivity (Wildman–Crippen MR) is 68.5 cm³/mol. The Morgan fingerprint density at radius 2 is 2.05 bits per heavy atom. The molecule has 3 rings (SSSR count). The summed E-state index contributed by atoms with van der Waals surface area (Å²) in [6.07, 6.45) is 9.87. The number of hydrogen-bond acceptors (Lipinski definition) is 6. The lowest BCUT2D eigenvalue weighted by molar-refractivity contribution is 0.845. The van der Waals surface area contributed by atoms with Crippen LogP contribution in [0, 0.1) is 0 Å². The zero-order chi connectivity index (χ0) is 12.9. The van der Waals surface area contributed by atoms with Crippen LogP contribution in [0.1, 0.15) is 5.69 Å². The second kappa shape index (κ2) is 5.21. The van der Waals surface area contributed by atoms with Crippen molar-refractivity contribution in [1.82, 2.24) is 29.7 Å². The molecule has 3 aromatic rings. The molecule has 0 saturated carbocycles. The van der Waals surface area contributed by atoms with Crippen molar-refractivity contribution in [3.63, 3.8) is 0 Å². The summed E-state index contributed by atoms with van der Waals surface area (Å²) in [5.41, 5.74) is 1.79. The Kier molecular flexibility index (Phi) is 3.09. The van der Waals surface area contributed by atoms with Crippen LogP contribution in [-0.2, 0) is 6.54 Å². The topological polar surface area (TPSA) is 81.4 Å². The molecule has 0 aliphatic heterocycles. The summed E-state index contributed by atoms with van der Waals surface area (Å²) in [6.45, 7) is 0.609. The molecule has 0 saturated heterocycles. The van der Waals surface area contributed by atoms with Gasteiger partial charge in [-0.2, -0.15) is 5.10 Å². The number of pyridine rings is 1. The quantitative estimate of drug-likeness (QED) is 0.748. The third-order valence-electron chi connectivity index (χ3n) is 2.49. The van der Waals surface area contributed by atoms with Crippen molar-refractivity contribution in [2.24, 2.45) is 0 Å². The van der Waals surface area contributed by atoms with Crippen LogP contribution in [0.2, 0.25) is 0 Å². The molecule has 0 bridgehead atoms. The van der Waals surface area contributed by atoms with Gasteiger partial charge in [0.15, 0.2) is 5.82 Å². The van der Waals surface area contributed by atoms with Crippen molar-refractivity contribution in [2.45, 2.75) is 6.54 Å². The Morgan fingerprint density at radius 1 is 1.05 bits per heavy atom. The van der Waals surface area contributed by atoms with E-state index in [0.29, 0.717) is 6.54 Å². The minimum Gasteiger partial charge on any atom is -0.378 e. The monoisotopic (exact) mass is 253 g/mol. The largest absolute Gasteiger partial charge is 0.378 e. The van der Waals surface area contributed by atoms with Gasteiger partial charge in [0.05, 0.1) is 30.3 Å². The van der Waals surface area contributed by atoms with Gasteiger partial charge in [-0.3, -0.25) is 9.97 Å². The summed E-state index contributed by atoms with van der Waals surface area (Å²) in [4.78, 5) is 16.4. The zero-order valence-electron chi connectivity index (χ0n) is 10.0. The Labute approximate surface area is 109 Å². The van der Waals surface area contributed by atoms with Gasteiger partial charge in [0.1, 0.15) is 12.7 Å². The number of nitrogens with zero attached hydrogens (tertiary/aromatic N) is 6. The fourth-order valence-corrected chi connectivity index (χ4v) is 1.57. The van der Waals surface area contributed by atoms with Crippen LogP contribution in [0.25, 0.3) is 5.82 Å². The van der Waals surface area contributed by atoms with Gasteiger partial charge in [0.2, 0.25) is 0 Å². The van der Waals surface area contributed by atoms with E-state index in [4.69, 9.17) is 0 Å². The summed E-state index contributed by atoms with van der Waals surface area (Å²) >= 11 is 0. The Hall–Kier alpha value is -2.83. The van der Waals surface area contributed by atoms with E-state index in [-0.39, 0.29) is 0 Å². The highest BCUT2D eigenvalue weighted by molar-refractivity contribution is 5.43. The molecule has 0 aliphatic carbocycles. The predicted octanol–water partition coefficient (Wildman–Crippen LogP) is 1.06. The van der Waals surface area contributed by atoms with Gasteiger partial charge < -0.3 is 5.32 Å². The van der Waals surface area contributed by atoms with E-state index in [2.05, 4.69) is 30.4 Å². The normalized spacial score (nSPS) is 10.3. The van der Waals surface area contributed by atoms with E-state index in [9.17, 15) is 0 Å². The van der Waals surface area contributed by atoms with Gasteiger partial charge in [-0.1, -0.05) is 0 Å². The summed E-state index contributed by atoms with van der Waals surface area (Å²) in [7, 11) is 0. The molecule has 0 spiro atoms. The van der Waals surface area contributed by atoms with Crippen LogP contribution >= 0.6 is 0 Å². The SMILES string of the molecule is c1cnc(CNc2ccc(-n3cncn3)nc2)cn1. The second-order valence-electron chi connectivity index (χ2n) is 3.80. The molecular formula is C12H11N7. The highest BCUT2D eigenvalue weighted by atomic mass is 15.3. The van der Waals surface area contributed by atoms with E-state index in [1.165, 1.54) is 6.33 Å². The standard InChI is InChI=1S/C12H11N7/c1-2-12(19-9-14-8-18-19)17-6-10(1)16-7-11-5-13-3-4-15-11/h1-6,8-9,16H,7H2.